The number of carbonyl (C=O) groups is 6. The Balaban J connectivity index is -0.0000000829. The maximum Gasteiger partial charge on any atom is 0.395 e. The van der Waals surface area contributed by atoms with Crippen LogP contribution < -0.4 is 5.32 Å². The van der Waals surface area contributed by atoms with Crippen molar-refractivity contribution in [3.05, 3.63) is 0 Å². The van der Waals surface area contributed by atoms with Crippen LogP contribution in [0.2, 0.25) is 0 Å². The van der Waals surface area contributed by atoms with Crippen LogP contribution in [0.1, 0.15) is 66.2 Å². The van der Waals surface area contributed by atoms with Crippen LogP contribution in [0.15, 0.2) is 0 Å². The first-order valence-electron chi connectivity index (χ1n) is 8.63. The molecule has 0 aliphatic rings. The van der Waals surface area contributed by atoms with Crippen molar-refractivity contribution in [3.63, 3.8) is 0 Å². The highest BCUT2D eigenvalue weighted by Gasteiger charge is 2.25. The van der Waals surface area contributed by atoms with Crippen molar-refractivity contribution in [2.45, 2.75) is 72.4 Å². The fourth-order valence-electron chi connectivity index (χ4n) is 0.507. The molecule has 1 amide bonds. The molecule has 7 nitrogen and oxygen atoms in total. The van der Waals surface area contributed by atoms with Crippen molar-refractivity contribution >= 4 is 37.3 Å². The van der Waals surface area contributed by atoms with Gasteiger partial charge in [0.05, 0.1) is 12.8 Å². The maximum absolute atomic E-state index is 10.8. The number of halogens is 3. The average molecular weight is 415 g/mol. The fourth-order valence-corrected chi connectivity index (χ4v) is 0.507. The Morgan fingerprint density at radius 1 is 0.750 bits per heavy atom. The number of carbonyl (C=O) groups excluding carboxylic acids is 6. The molecule has 0 aliphatic heterocycles. The maximum atomic E-state index is 10.8. The summed E-state index contributed by atoms with van der Waals surface area (Å²) in [5.74, 6) is -0.188. The van der Waals surface area contributed by atoms with Gasteiger partial charge in [0.15, 0.2) is 0 Å². The molecular formula is C18H32F3NO6. The summed E-state index contributed by atoms with van der Waals surface area (Å²) in [5, 5.41) is 2.56. The minimum absolute atomic E-state index is 0.0139. The van der Waals surface area contributed by atoms with E-state index >= 15 is 0 Å². The second-order valence-corrected chi connectivity index (χ2v) is 4.43. The van der Waals surface area contributed by atoms with E-state index < -0.39 is 12.6 Å². The smallest absolute Gasteiger partial charge is 0.356 e. The van der Waals surface area contributed by atoms with Gasteiger partial charge in [0.25, 0.3) is 0 Å². The van der Waals surface area contributed by atoms with Crippen molar-refractivity contribution in [3.8, 4) is 0 Å². The van der Waals surface area contributed by atoms with Crippen LogP contribution in [0.4, 0.5) is 13.2 Å². The van der Waals surface area contributed by atoms with Gasteiger partial charge in [0.2, 0.25) is 5.91 Å². The third-order valence-electron chi connectivity index (χ3n) is 1.66. The summed E-state index contributed by atoms with van der Waals surface area (Å²) in [4.78, 5) is 56.8. The Labute approximate surface area is 164 Å². The normalized spacial score (nSPS) is 8.25. The van der Waals surface area contributed by atoms with Gasteiger partial charge in [0, 0.05) is 25.8 Å². The van der Waals surface area contributed by atoms with E-state index in [0.29, 0.717) is 32.1 Å². The number of amides is 1. The zero-order valence-corrected chi connectivity index (χ0v) is 16.9. The van der Waals surface area contributed by atoms with Gasteiger partial charge in [0.1, 0.15) is 31.4 Å². The Morgan fingerprint density at radius 3 is 1.25 bits per heavy atom. The molecule has 0 aromatic carbocycles. The topological polar surface area (TPSA) is 114 Å². The predicted octanol–water partition coefficient (Wildman–Crippen LogP) is 3.03. The summed E-state index contributed by atoms with van der Waals surface area (Å²) in [5.41, 5.74) is 0. The Kier molecular flexibility index (Phi) is 46.5. The van der Waals surface area contributed by atoms with Crippen LogP contribution >= 0.6 is 0 Å². The van der Waals surface area contributed by atoms with E-state index in [1.54, 1.807) is 0 Å². The van der Waals surface area contributed by atoms with E-state index in [2.05, 4.69) is 5.32 Å². The second kappa shape index (κ2) is 35.7. The van der Waals surface area contributed by atoms with Crippen molar-refractivity contribution in [1.82, 2.24) is 5.32 Å². The van der Waals surface area contributed by atoms with Crippen molar-refractivity contribution in [2.24, 2.45) is 0 Å². The minimum atomic E-state index is -4.32. The molecule has 0 atom stereocenters. The van der Waals surface area contributed by atoms with E-state index in [1.165, 1.54) is 0 Å². The monoisotopic (exact) mass is 415 g/mol. The van der Waals surface area contributed by atoms with E-state index in [9.17, 15) is 37.1 Å². The SMILES string of the molecule is CCC=O.CCC=O.CCC=O.CCCNC(=O)CC=O.O=CCC(F)(F)F. The quantitative estimate of drug-likeness (QED) is 0.481. The first-order valence-corrected chi connectivity index (χ1v) is 8.63. The van der Waals surface area contributed by atoms with Gasteiger partial charge >= 0.3 is 6.18 Å². The summed E-state index contributed by atoms with van der Waals surface area (Å²) in [6, 6.07) is 0. The lowest BCUT2D eigenvalue weighted by atomic mass is 10.4. The van der Waals surface area contributed by atoms with Gasteiger partial charge in [-0.05, 0) is 6.42 Å². The second-order valence-electron chi connectivity index (χ2n) is 4.43. The third kappa shape index (κ3) is 89.5. The highest BCUT2D eigenvalue weighted by molar-refractivity contribution is 5.87. The highest BCUT2D eigenvalue weighted by Crippen LogP contribution is 2.16. The van der Waals surface area contributed by atoms with Crippen molar-refractivity contribution in [2.75, 3.05) is 6.54 Å². The van der Waals surface area contributed by atoms with Gasteiger partial charge in [-0.1, -0.05) is 27.7 Å². The molecule has 0 saturated heterocycles. The molecule has 0 aromatic heterocycles. The Bertz CT molecular complexity index is 356. The molecule has 0 unspecified atom stereocenters. The summed E-state index contributed by atoms with van der Waals surface area (Å²) < 4.78 is 32.5. The molecule has 0 aliphatic carbocycles. The van der Waals surface area contributed by atoms with Crippen LogP contribution in [0.25, 0.3) is 0 Å². The van der Waals surface area contributed by atoms with Crippen LogP contribution in [0.3, 0.4) is 0 Å². The predicted molar refractivity (Wildman–Crippen MR) is 99.8 cm³/mol. The summed E-state index contributed by atoms with van der Waals surface area (Å²) in [6.07, 6.45) is 0.213. The average Bonchev–Trinajstić information content (AvgIpc) is 2.66. The van der Waals surface area contributed by atoms with Crippen molar-refractivity contribution < 1.29 is 41.9 Å². The molecular weight excluding hydrogens is 383 g/mol. The van der Waals surface area contributed by atoms with Crippen LogP contribution in [-0.2, 0) is 28.8 Å². The molecule has 0 aromatic rings. The number of hydrogen-bond donors (Lipinski definition) is 1. The van der Waals surface area contributed by atoms with Crippen LogP contribution in [0.5, 0.6) is 0 Å². The number of aldehydes is 5. The Morgan fingerprint density at radius 2 is 1.11 bits per heavy atom. The Hall–Kier alpha value is -2.39. The van der Waals surface area contributed by atoms with Gasteiger partial charge in [-0.15, -0.1) is 0 Å². The van der Waals surface area contributed by atoms with E-state index in [-0.39, 0.29) is 18.6 Å². The number of rotatable bonds is 8. The first-order chi connectivity index (χ1) is 13.1. The van der Waals surface area contributed by atoms with Crippen LogP contribution in [0, 0.1) is 0 Å². The highest BCUT2D eigenvalue weighted by atomic mass is 19.4. The van der Waals surface area contributed by atoms with Crippen molar-refractivity contribution in [1.29, 1.82) is 0 Å². The van der Waals surface area contributed by atoms with Gasteiger partial charge in [-0.2, -0.15) is 13.2 Å². The lowest BCUT2D eigenvalue weighted by Gasteiger charge is -1.96. The summed E-state index contributed by atoms with van der Waals surface area (Å²) >= 11 is 0. The zero-order valence-electron chi connectivity index (χ0n) is 16.9. The molecule has 0 rings (SSSR count). The summed E-state index contributed by atoms with van der Waals surface area (Å²) in [6.45, 7) is 8.06. The van der Waals surface area contributed by atoms with Gasteiger partial charge in [-0.3, -0.25) is 4.79 Å². The number of alkyl halides is 3. The van der Waals surface area contributed by atoms with Gasteiger partial charge in [-0.25, -0.2) is 0 Å². The lowest BCUT2D eigenvalue weighted by molar-refractivity contribution is -0.144. The molecule has 0 bridgehead atoms. The standard InChI is InChI=1S/C6H11NO2.C3H3F3O.3C3H6O/c1-2-4-7-6(9)3-5-8;4-3(5,6)1-2-7;3*1-2-3-4/h5H,2-4H2,1H3,(H,7,9);2H,1H2;3*3H,2H2,1H3. The first kappa shape index (κ1) is 36.5. The molecule has 10 heteroatoms. The largest absolute Gasteiger partial charge is 0.395 e. The molecule has 28 heavy (non-hydrogen) atoms. The number of nitrogens with one attached hydrogen (secondary N) is 1. The fraction of sp³-hybridized carbons (Fsp3) is 0.667. The molecule has 0 fully saturated rings. The van der Waals surface area contributed by atoms with Gasteiger partial charge < -0.3 is 29.3 Å². The molecule has 0 heterocycles. The van der Waals surface area contributed by atoms with E-state index in [1.807, 2.05) is 27.7 Å². The van der Waals surface area contributed by atoms with E-state index in [0.717, 1.165) is 25.3 Å². The van der Waals surface area contributed by atoms with E-state index in [4.69, 9.17) is 4.79 Å². The van der Waals surface area contributed by atoms with Crippen LogP contribution in [-0.4, -0.2) is 50.1 Å². The molecule has 1 N–H and O–H groups in total. The third-order valence-corrected chi connectivity index (χ3v) is 1.66. The minimum Gasteiger partial charge on any atom is -0.356 e. The number of hydrogen-bond acceptors (Lipinski definition) is 6. The molecule has 0 radical (unpaired) electrons. The molecule has 0 saturated carbocycles. The zero-order chi connectivity index (χ0) is 23.3. The lowest BCUT2D eigenvalue weighted by Crippen LogP contribution is -2.23. The molecule has 0 spiro atoms. The summed E-state index contributed by atoms with van der Waals surface area (Å²) in [7, 11) is 0. The molecule has 166 valence electrons.